The van der Waals surface area contributed by atoms with Crippen LogP contribution in [0.1, 0.15) is 32.7 Å². The molecule has 2 amide bonds. The highest BCUT2D eigenvalue weighted by Crippen LogP contribution is 2.50. The van der Waals surface area contributed by atoms with Crippen LogP contribution in [-0.4, -0.2) is 56.1 Å². The molecule has 0 saturated carbocycles. The summed E-state index contributed by atoms with van der Waals surface area (Å²) in [5.41, 5.74) is 2.29. The molecule has 160 valence electrons. The summed E-state index contributed by atoms with van der Waals surface area (Å²) in [4.78, 5) is 32.0. The number of rotatable bonds is 6. The van der Waals surface area contributed by atoms with Crippen LogP contribution in [0.25, 0.3) is 0 Å². The Hall–Kier alpha value is -3.75. The van der Waals surface area contributed by atoms with Gasteiger partial charge in [0.2, 0.25) is 18.3 Å². The van der Waals surface area contributed by atoms with Gasteiger partial charge in [0.15, 0.2) is 11.5 Å². The number of imide groups is 1. The van der Waals surface area contributed by atoms with Gasteiger partial charge in [-0.05, 0) is 18.2 Å². The highest BCUT2D eigenvalue weighted by atomic mass is 16.7. The smallest absolute Gasteiger partial charge is 0.261 e. The van der Waals surface area contributed by atoms with E-state index in [1.54, 1.807) is 38.5 Å². The first-order chi connectivity index (χ1) is 15.1. The number of nitrogens with zero attached hydrogens (tertiary/aromatic N) is 2. The van der Waals surface area contributed by atoms with Crippen molar-refractivity contribution in [3.8, 4) is 23.0 Å². The molecule has 0 spiro atoms. The molecule has 0 radical (unpaired) electrons. The highest BCUT2D eigenvalue weighted by Gasteiger charge is 2.37. The maximum Gasteiger partial charge on any atom is 0.261 e. The number of methoxy groups -OCH3 is 2. The Labute approximate surface area is 178 Å². The molecule has 0 unspecified atom stereocenters. The van der Waals surface area contributed by atoms with Gasteiger partial charge in [0.1, 0.15) is 6.10 Å². The van der Waals surface area contributed by atoms with Crippen molar-refractivity contribution >= 4 is 17.5 Å². The lowest BCUT2D eigenvalue weighted by Crippen LogP contribution is -2.34. The van der Waals surface area contributed by atoms with E-state index in [2.05, 4.69) is 5.16 Å². The lowest BCUT2D eigenvalue weighted by Gasteiger charge is -2.16. The van der Waals surface area contributed by atoms with Gasteiger partial charge in [-0.15, -0.1) is 0 Å². The number of carbonyl (C=O) groups is 2. The van der Waals surface area contributed by atoms with E-state index >= 15 is 0 Å². The van der Waals surface area contributed by atoms with Crippen molar-refractivity contribution in [2.75, 3.05) is 27.6 Å². The topological polar surface area (TPSA) is 95.9 Å². The lowest BCUT2D eigenvalue weighted by atomic mass is 10.0. The van der Waals surface area contributed by atoms with Crippen LogP contribution in [0.15, 0.2) is 35.5 Å². The van der Waals surface area contributed by atoms with E-state index in [9.17, 15) is 9.59 Å². The zero-order chi connectivity index (χ0) is 21.5. The maximum atomic E-state index is 12.6. The number of amides is 2. The van der Waals surface area contributed by atoms with Crippen LogP contribution < -0.4 is 18.9 Å². The fourth-order valence-corrected chi connectivity index (χ4v) is 4.09. The van der Waals surface area contributed by atoms with Crippen LogP contribution in [0.2, 0.25) is 0 Å². The van der Waals surface area contributed by atoms with Gasteiger partial charge in [-0.3, -0.25) is 14.5 Å². The average Bonchev–Trinajstić information content (AvgIpc) is 3.50. The second-order valence-corrected chi connectivity index (χ2v) is 7.37. The molecular weight excluding hydrogens is 404 g/mol. The third kappa shape index (κ3) is 3.13. The van der Waals surface area contributed by atoms with Crippen LogP contribution in [0.4, 0.5) is 0 Å². The number of carbonyl (C=O) groups excluding carboxylic acids is 2. The van der Waals surface area contributed by atoms with Gasteiger partial charge in [0, 0.05) is 18.4 Å². The van der Waals surface area contributed by atoms with Crippen LogP contribution in [0.3, 0.4) is 0 Å². The third-order valence-corrected chi connectivity index (χ3v) is 5.52. The molecule has 9 heteroatoms. The molecule has 0 aliphatic carbocycles. The fraction of sp³-hybridized carbons (Fsp3) is 0.318. The monoisotopic (exact) mass is 424 g/mol. The number of fused-ring (bicyclic) bond motifs is 2. The van der Waals surface area contributed by atoms with E-state index in [4.69, 9.17) is 23.8 Å². The first-order valence-electron chi connectivity index (χ1n) is 9.81. The molecule has 3 aliphatic heterocycles. The second-order valence-electron chi connectivity index (χ2n) is 7.37. The number of hydrogen-bond donors (Lipinski definition) is 0. The van der Waals surface area contributed by atoms with Gasteiger partial charge < -0.3 is 23.8 Å². The van der Waals surface area contributed by atoms with E-state index in [-0.39, 0.29) is 31.3 Å². The molecule has 3 heterocycles. The molecular formula is C22H20N2O7. The first kappa shape index (κ1) is 19.2. The van der Waals surface area contributed by atoms with E-state index in [0.29, 0.717) is 52.7 Å². The van der Waals surface area contributed by atoms with Crippen LogP contribution in [-0.2, 0) is 11.3 Å². The Morgan fingerprint density at radius 1 is 1.06 bits per heavy atom. The Morgan fingerprint density at radius 2 is 1.77 bits per heavy atom. The van der Waals surface area contributed by atoms with Crippen LogP contribution in [0, 0.1) is 0 Å². The molecule has 31 heavy (non-hydrogen) atoms. The molecule has 0 bridgehead atoms. The van der Waals surface area contributed by atoms with Crippen LogP contribution >= 0.6 is 0 Å². The molecule has 5 rings (SSSR count). The Balaban J connectivity index is 1.29. The summed E-state index contributed by atoms with van der Waals surface area (Å²) in [7, 11) is 3.12. The van der Waals surface area contributed by atoms with Crippen molar-refractivity contribution < 1.29 is 33.4 Å². The third-order valence-electron chi connectivity index (χ3n) is 5.52. The van der Waals surface area contributed by atoms with Crippen molar-refractivity contribution in [1.29, 1.82) is 0 Å². The van der Waals surface area contributed by atoms with Crippen LogP contribution in [0.5, 0.6) is 23.0 Å². The summed E-state index contributed by atoms with van der Waals surface area (Å²) in [6.45, 7) is 0.198. The normalized spacial score (nSPS) is 18.7. The van der Waals surface area contributed by atoms with Crippen molar-refractivity contribution in [2.45, 2.75) is 18.9 Å². The van der Waals surface area contributed by atoms with E-state index in [0.717, 1.165) is 5.56 Å². The van der Waals surface area contributed by atoms with Crippen molar-refractivity contribution in [1.82, 2.24) is 4.90 Å². The summed E-state index contributed by atoms with van der Waals surface area (Å²) >= 11 is 0. The van der Waals surface area contributed by atoms with E-state index < -0.39 is 0 Å². The largest absolute Gasteiger partial charge is 0.493 e. The molecule has 0 aromatic heterocycles. The molecule has 2 aromatic rings. The van der Waals surface area contributed by atoms with Crippen molar-refractivity contribution in [3.63, 3.8) is 0 Å². The Kier molecular flexibility index (Phi) is 4.65. The first-order valence-corrected chi connectivity index (χ1v) is 9.81. The molecule has 1 atom stereocenters. The number of benzene rings is 2. The summed E-state index contributed by atoms with van der Waals surface area (Å²) in [6.07, 6.45) is 0.683. The summed E-state index contributed by atoms with van der Waals surface area (Å²) in [5, 5.41) is 4.12. The molecule has 0 fully saturated rings. The summed E-state index contributed by atoms with van der Waals surface area (Å²) < 4.78 is 22.0. The minimum atomic E-state index is -0.311. The fourth-order valence-electron chi connectivity index (χ4n) is 4.09. The van der Waals surface area contributed by atoms with Gasteiger partial charge in [-0.25, -0.2) is 0 Å². The maximum absolute atomic E-state index is 12.6. The highest BCUT2D eigenvalue weighted by molar-refractivity contribution is 6.22. The second kappa shape index (κ2) is 7.50. The van der Waals surface area contributed by atoms with Crippen molar-refractivity contribution in [3.05, 3.63) is 47.0 Å². The molecule has 9 nitrogen and oxygen atoms in total. The van der Waals surface area contributed by atoms with Gasteiger partial charge in [0.25, 0.3) is 11.8 Å². The molecule has 2 aromatic carbocycles. The van der Waals surface area contributed by atoms with Gasteiger partial charge >= 0.3 is 0 Å². The zero-order valence-corrected chi connectivity index (χ0v) is 17.0. The summed E-state index contributed by atoms with van der Waals surface area (Å²) in [5.74, 6) is 1.50. The lowest BCUT2D eigenvalue weighted by molar-refractivity contribution is 0.0676. The molecule has 3 aliphatic rings. The number of oxime groups is 1. The quantitative estimate of drug-likeness (QED) is 0.657. The van der Waals surface area contributed by atoms with Gasteiger partial charge in [-0.1, -0.05) is 17.3 Å². The van der Waals surface area contributed by atoms with E-state index in [1.807, 2.05) is 6.07 Å². The van der Waals surface area contributed by atoms with E-state index in [1.165, 1.54) is 4.90 Å². The Bertz CT molecular complexity index is 1080. The minimum Gasteiger partial charge on any atom is -0.493 e. The SMILES string of the molecule is COc1cc(C[C@H]2CC(CN3C(=O)c4ccccc4C3=O)=NO2)c(OC)c2c1OCO2. The minimum absolute atomic E-state index is 0.0962. The molecule has 0 N–H and O–H groups in total. The van der Waals surface area contributed by atoms with Crippen molar-refractivity contribution in [2.24, 2.45) is 5.16 Å². The standard InChI is InChI=1S/C22H20N2O7/c1-27-17-8-12(18(28-2)20-19(17)29-11-30-20)7-14-9-13(23-31-14)10-24-21(25)15-5-3-4-6-16(15)22(24)26/h3-6,8,14H,7,9-11H2,1-2H3/t14-/m0/s1. The predicted octanol–water partition coefficient (Wildman–Crippen LogP) is 2.42. The zero-order valence-electron chi connectivity index (χ0n) is 17.0. The van der Waals surface area contributed by atoms with Gasteiger partial charge in [-0.2, -0.15) is 0 Å². The van der Waals surface area contributed by atoms with Gasteiger partial charge in [0.05, 0.1) is 37.6 Å². The Morgan fingerprint density at radius 3 is 2.45 bits per heavy atom. The summed E-state index contributed by atoms with van der Waals surface area (Å²) in [6, 6.07) is 8.63. The molecule has 0 saturated heterocycles. The average molecular weight is 424 g/mol. The number of hydrogen-bond acceptors (Lipinski definition) is 8. The predicted molar refractivity (Wildman–Crippen MR) is 108 cm³/mol. The number of ether oxygens (including phenoxy) is 4.